The maximum Gasteiger partial charge on any atom is 0.146 e. The Balaban J connectivity index is 2.13. The Labute approximate surface area is 98.3 Å². The Hall–Kier alpha value is -2.72. The van der Waals surface area contributed by atoms with Gasteiger partial charge in [-0.1, -0.05) is 0 Å². The minimum absolute atomic E-state index is 0.295. The number of ether oxygens (including phenoxy) is 1. The Kier molecular flexibility index (Phi) is 3.09. The fourth-order valence-corrected chi connectivity index (χ4v) is 1.35. The van der Waals surface area contributed by atoms with Crippen molar-refractivity contribution in [3.8, 4) is 17.9 Å². The van der Waals surface area contributed by atoms with Gasteiger partial charge in [-0.2, -0.15) is 10.5 Å². The first-order valence-corrected chi connectivity index (χ1v) is 4.93. The van der Waals surface area contributed by atoms with Crippen LogP contribution in [-0.4, -0.2) is 0 Å². The highest BCUT2D eigenvalue weighted by Gasteiger charge is 2.04. The molecule has 0 amide bonds. The molecule has 1 aromatic carbocycles. The van der Waals surface area contributed by atoms with Gasteiger partial charge in [-0.3, -0.25) is 0 Å². The van der Waals surface area contributed by atoms with Crippen molar-refractivity contribution < 1.29 is 9.15 Å². The third-order valence-electron chi connectivity index (χ3n) is 2.19. The van der Waals surface area contributed by atoms with Crippen LogP contribution in [-0.2, 0) is 6.61 Å². The number of benzene rings is 1. The molecule has 2 rings (SSSR count). The van der Waals surface area contributed by atoms with Crippen molar-refractivity contribution in [2.75, 3.05) is 0 Å². The number of rotatable bonds is 3. The fraction of sp³-hybridized carbons (Fsp3) is 0.0769. The highest BCUT2D eigenvalue weighted by Crippen LogP contribution is 2.18. The van der Waals surface area contributed by atoms with Crippen LogP contribution >= 0.6 is 0 Å². The Morgan fingerprint density at radius 2 is 1.94 bits per heavy atom. The molecule has 1 aromatic heterocycles. The first-order chi connectivity index (χ1) is 8.33. The molecule has 17 heavy (non-hydrogen) atoms. The monoisotopic (exact) mass is 224 g/mol. The zero-order chi connectivity index (χ0) is 12.1. The van der Waals surface area contributed by atoms with Crippen molar-refractivity contribution in [3.05, 3.63) is 53.5 Å². The van der Waals surface area contributed by atoms with Crippen LogP contribution in [0.3, 0.4) is 0 Å². The van der Waals surface area contributed by atoms with Gasteiger partial charge in [0.05, 0.1) is 17.4 Å². The molecular weight excluding hydrogens is 216 g/mol. The van der Waals surface area contributed by atoms with E-state index in [9.17, 15) is 0 Å². The number of nitriles is 2. The van der Waals surface area contributed by atoms with Crippen molar-refractivity contribution in [1.29, 1.82) is 10.5 Å². The average molecular weight is 224 g/mol. The van der Waals surface area contributed by atoms with E-state index in [0.717, 1.165) is 0 Å². The van der Waals surface area contributed by atoms with Crippen LogP contribution in [0.2, 0.25) is 0 Å². The molecule has 0 aliphatic carbocycles. The summed E-state index contributed by atoms with van der Waals surface area (Å²) in [7, 11) is 0. The van der Waals surface area contributed by atoms with Crippen LogP contribution in [0.5, 0.6) is 5.75 Å². The molecule has 0 aliphatic rings. The topological polar surface area (TPSA) is 69.9 Å². The van der Waals surface area contributed by atoms with Crippen molar-refractivity contribution in [1.82, 2.24) is 0 Å². The lowest BCUT2D eigenvalue weighted by molar-refractivity contribution is 0.270. The highest BCUT2D eigenvalue weighted by molar-refractivity contribution is 5.49. The molecule has 0 unspecified atom stereocenters. The van der Waals surface area contributed by atoms with Gasteiger partial charge >= 0.3 is 0 Å². The summed E-state index contributed by atoms with van der Waals surface area (Å²) in [5, 5.41) is 17.6. The van der Waals surface area contributed by atoms with E-state index >= 15 is 0 Å². The van der Waals surface area contributed by atoms with Gasteiger partial charge in [0.1, 0.15) is 30.3 Å². The van der Waals surface area contributed by atoms with Crippen molar-refractivity contribution in [2.45, 2.75) is 6.61 Å². The van der Waals surface area contributed by atoms with Gasteiger partial charge in [0, 0.05) is 0 Å². The van der Waals surface area contributed by atoms with Gasteiger partial charge in [0.15, 0.2) is 0 Å². The van der Waals surface area contributed by atoms with Crippen LogP contribution in [0.1, 0.15) is 16.9 Å². The number of hydrogen-bond acceptors (Lipinski definition) is 4. The van der Waals surface area contributed by atoms with E-state index in [0.29, 0.717) is 29.2 Å². The summed E-state index contributed by atoms with van der Waals surface area (Å²) in [6, 6.07) is 12.2. The summed E-state index contributed by atoms with van der Waals surface area (Å²) in [5.41, 5.74) is 0.655. The quantitative estimate of drug-likeness (QED) is 0.803. The maximum atomic E-state index is 8.85. The van der Waals surface area contributed by atoms with E-state index in [1.807, 2.05) is 12.1 Å². The summed E-state index contributed by atoms with van der Waals surface area (Å²) in [6.45, 7) is 0.295. The van der Waals surface area contributed by atoms with Gasteiger partial charge < -0.3 is 9.15 Å². The smallest absolute Gasteiger partial charge is 0.146 e. The second-order valence-corrected chi connectivity index (χ2v) is 3.30. The molecule has 4 nitrogen and oxygen atoms in total. The van der Waals surface area contributed by atoms with Crippen LogP contribution in [0.4, 0.5) is 0 Å². The maximum absolute atomic E-state index is 8.85. The van der Waals surface area contributed by atoms with Crippen molar-refractivity contribution in [2.24, 2.45) is 0 Å². The largest absolute Gasteiger partial charge is 0.486 e. The molecule has 0 saturated heterocycles. The van der Waals surface area contributed by atoms with Crippen molar-refractivity contribution >= 4 is 0 Å². The third-order valence-corrected chi connectivity index (χ3v) is 2.19. The van der Waals surface area contributed by atoms with Crippen LogP contribution < -0.4 is 4.74 Å². The molecule has 0 bridgehead atoms. The van der Waals surface area contributed by atoms with E-state index in [2.05, 4.69) is 0 Å². The highest BCUT2D eigenvalue weighted by atomic mass is 16.5. The molecule has 0 N–H and O–H groups in total. The lowest BCUT2D eigenvalue weighted by Gasteiger charge is -2.04. The Morgan fingerprint density at radius 3 is 2.59 bits per heavy atom. The van der Waals surface area contributed by atoms with Crippen LogP contribution in [0.15, 0.2) is 41.0 Å². The normalized spacial score (nSPS) is 9.29. The molecule has 4 heteroatoms. The van der Waals surface area contributed by atoms with E-state index in [4.69, 9.17) is 19.7 Å². The molecule has 0 fully saturated rings. The zero-order valence-corrected chi connectivity index (χ0v) is 8.88. The Morgan fingerprint density at radius 1 is 1.12 bits per heavy atom. The summed E-state index contributed by atoms with van der Waals surface area (Å²) in [6.07, 6.45) is 1.57. The molecule has 0 atom stereocenters. The number of nitrogens with zero attached hydrogens (tertiary/aromatic N) is 2. The first kappa shape index (κ1) is 10.8. The van der Waals surface area contributed by atoms with Crippen LogP contribution in [0, 0.1) is 22.7 Å². The van der Waals surface area contributed by atoms with E-state index < -0.39 is 0 Å². The SMILES string of the molecule is N#Cc1ccc(OCc2ccco2)cc1C#N. The first-order valence-electron chi connectivity index (χ1n) is 4.93. The lowest BCUT2D eigenvalue weighted by Crippen LogP contribution is -1.94. The van der Waals surface area contributed by atoms with Crippen molar-refractivity contribution in [3.63, 3.8) is 0 Å². The lowest BCUT2D eigenvalue weighted by atomic mass is 10.1. The summed E-state index contributed by atoms with van der Waals surface area (Å²) >= 11 is 0. The predicted octanol–water partition coefficient (Wildman–Crippen LogP) is 2.60. The minimum atomic E-state index is 0.295. The number of hydrogen-bond donors (Lipinski definition) is 0. The molecular formula is C13H8N2O2. The van der Waals surface area contributed by atoms with Gasteiger partial charge in [-0.25, -0.2) is 0 Å². The minimum Gasteiger partial charge on any atom is -0.486 e. The molecule has 0 radical (unpaired) electrons. The Bertz CT molecular complexity index is 589. The zero-order valence-electron chi connectivity index (χ0n) is 8.88. The summed E-state index contributed by atoms with van der Waals surface area (Å²) < 4.78 is 10.6. The van der Waals surface area contributed by atoms with Gasteiger partial charge in [-0.15, -0.1) is 0 Å². The predicted molar refractivity (Wildman–Crippen MR) is 58.9 cm³/mol. The second-order valence-electron chi connectivity index (χ2n) is 3.30. The standard InChI is InChI=1S/C13H8N2O2/c14-7-10-3-4-12(6-11(10)8-15)17-9-13-2-1-5-16-13/h1-6H,9H2. The van der Waals surface area contributed by atoms with Gasteiger partial charge in [-0.05, 0) is 30.3 Å². The second kappa shape index (κ2) is 4.87. The van der Waals surface area contributed by atoms with Gasteiger partial charge in [0.25, 0.3) is 0 Å². The third kappa shape index (κ3) is 2.45. The summed E-state index contributed by atoms with van der Waals surface area (Å²) in [5.74, 6) is 1.24. The van der Waals surface area contributed by atoms with E-state index in [1.54, 1.807) is 36.6 Å². The molecule has 2 aromatic rings. The molecule has 0 saturated carbocycles. The molecule has 0 aliphatic heterocycles. The van der Waals surface area contributed by atoms with E-state index in [-0.39, 0.29) is 0 Å². The van der Waals surface area contributed by atoms with E-state index in [1.165, 1.54) is 0 Å². The number of furan rings is 1. The van der Waals surface area contributed by atoms with Gasteiger partial charge in [0.2, 0.25) is 0 Å². The van der Waals surface area contributed by atoms with Crippen LogP contribution in [0.25, 0.3) is 0 Å². The average Bonchev–Trinajstić information content (AvgIpc) is 2.89. The molecule has 82 valence electrons. The fourth-order valence-electron chi connectivity index (χ4n) is 1.35. The molecule has 0 spiro atoms. The summed E-state index contributed by atoms with van der Waals surface area (Å²) in [4.78, 5) is 0. The molecule has 1 heterocycles.